The van der Waals surface area contributed by atoms with E-state index in [0.29, 0.717) is 40.9 Å². The first-order valence-corrected chi connectivity index (χ1v) is 9.67. The molecule has 7 nitrogen and oxygen atoms in total. The molecule has 2 N–H and O–H groups in total. The van der Waals surface area contributed by atoms with Crippen LogP contribution in [0, 0.1) is 0 Å². The average molecular weight is 411 g/mol. The van der Waals surface area contributed by atoms with Gasteiger partial charge in [0.2, 0.25) is 5.88 Å². The van der Waals surface area contributed by atoms with Gasteiger partial charge < -0.3 is 19.9 Å². The minimum Gasteiger partial charge on any atom is -0.481 e. The van der Waals surface area contributed by atoms with Crippen molar-refractivity contribution in [3.8, 4) is 5.88 Å². The Morgan fingerprint density at radius 3 is 2.90 bits per heavy atom. The van der Waals surface area contributed by atoms with E-state index >= 15 is 4.39 Å². The van der Waals surface area contributed by atoms with Crippen molar-refractivity contribution < 1.29 is 23.8 Å². The monoisotopic (exact) mass is 411 g/mol. The minimum atomic E-state index is -1.50. The van der Waals surface area contributed by atoms with Crippen LogP contribution in [0.1, 0.15) is 34.2 Å². The van der Waals surface area contributed by atoms with Gasteiger partial charge in [0, 0.05) is 35.4 Å². The lowest BCUT2D eigenvalue weighted by Gasteiger charge is -2.28. The molecule has 1 aliphatic rings. The van der Waals surface area contributed by atoms with Crippen molar-refractivity contribution in [3.63, 3.8) is 0 Å². The Hall–Kier alpha value is -3.10. The van der Waals surface area contributed by atoms with E-state index in [1.54, 1.807) is 36.4 Å². The first-order valence-electron chi connectivity index (χ1n) is 9.67. The number of ether oxygens (including phenoxy) is 2. The number of nitrogens with zero attached hydrogens (tertiary/aromatic N) is 2. The molecule has 1 fully saturated rings. The second-order valence-corrected chi connectivity index (χ2v) is 7.12. The van der Waals surface area contributed by atoms with Crippen LogP contribution < -0.4 is 10.1 Å². The summed E-state index contributed by atoms with van der Waals surface area (Å²) in [5.74, 6) is -0.0753. The quantitative estimate of drug-likeness (QED) is 0.670. The number of aliphatic hydroxyl groups excluding tert-OH is 1. The zero-order valence-corrected chi connectivity index (χ0v) is 16.4. The van der Waals surface area contributed by atoms with Crippen molar-refractivity contribution in [1.29, 1.82) is 0 Å². The molecule has 3 atom stereocenters. The number of carbonyl (C=O) groups excluding carboxylic acids is 1. The highest BCUT2D eigenvalue weighted by atomic mass is 19.1. The van der Waals surface area contributed by atoms with Gasteiger partial charge in [0.05, 0.1) is 31.4 Å². The van der Waals surface area contributed by atoms with Crippen molar-refractivity contribution in [1.82, 2.24) is 15.3 Å². The maximum absolute atomic E-state index is 15.5. The summed E-state index contributed by atoms with van der Waals surface area (Å²) in [5, 5.41) is 13.4. The van der Waals surface area contributed by atoms with Gasteiger partial charge in [-0.2, -0.15) is 0 Å². The molecular weight excluding hydrogens is 389 g/mol. The molecule has 1 aliphatic heterocycles. The van der Waals surface area contributed by atoms with E-state index in [2.05, 4.69) is 15.3 Å². The standard InChI is InChI=1S/C22H22FN3O4/c1-29-20-7-6-13(11-24-20)21(23)15-10-18(25-16-5-3-2-4-14(15)16)22(28)26-17-8-9-30-12-19(17)27/h2-7,10-11,17,19,21,27H,8-9,12H2,1H3,(H,26,28). The van der Waals surface area contributed by atoms with Crippen molar-refractivity contribution in [2.24, 2.45) is 0 Å². The van der Waals surface area contributed by atoms with Gasteiger partial charge in [-0.15, -0.1) is 0 Å². The summed E-state index contributed by atoms with van der Waals surface area (Å²) >= 11 is 0. The third-order valence-electron chi connectivity index (χ3n) is 5.16. The highest BCUT2D eigenvalue weighted by molar-refractivity contribution is 5.96. The van der Waals surface area contributed by atoms with Gasteiger partial charge in [-0.25, -0.2) is 14.4 Å². The number of alkyl halides is 1. The van der Waals surface area contributed by atoms with Crippen LogP contribution >= 0.6 is 0 Å². The zero-order chi connectivity index (χ0) is 21.1. The lowest BCUT2D eigenvalue weighted by Crippen LogP contribution is -2.48. The number of aliphatic hydroxyl groups is 1. The molecule has 3 heterocycles. The van der Waals surface area contributed by atoms with Crippen LogP contribution in [0.3, 0.4) is 0 Å². The summed E-state index contributed by atoms with van der Waals surface area (Å²) in [6.45, 7) is 0.619. The first kappa shape index (κ1) is 20.2. The largest absolute Gasteiger partial charge is 0.481 e. The number of methoxy groups -OCH3 is 1. The average Bonchev–Trinajstić information content (AvgIpc) is 2.79. The number of benzene rings is 1. The van der Waals surface area contributed by atoms with Crippen LogP contribution in [0.15, 0.2) is 48.7 Å². The van der Waals surface area contributed by atoms with Gasteiger partial charge in [-0.05, 0) is 24.6 Å². The predicted octanol–water partition coefficient (Wildman–Crippen LogP) is 2.58. The summed E-state index contributed by atoms with van der Waals surface area (Å²) in [6.07, 6.45) is -0.383. The molecule has 0 saturated carbocycles. The van der Waals surface area contributed by atoms with Crippen LogP contribution in [0.25, 0.3) is 10.9 Å². The van der Waals surface area contributed by atoms with Crippen molar-refractivity contribution in [3.05, 3.63) is 65.5 Å². The molecule has 2 aromatic heterocycles. The first-order chi connectivity index (χ1) is 14.6. The zero-order valence-electron chi connectivity index (χ0n) is 16.4. The number of nitrogens with one attached hydrogen (secondary N) is 1. The Morgan fingerprint density at radius 1 is 1.33 bits per heavy atom. The Balaban J connectivity index is 1.69. The number of hydrogen-bond donors (Lipinski definition) is 2. The number of halogens is 1. The lowest BCUT2D eigenvalue weighted by atomic mass is 9.99. The van der Waals surface area contributed by atoms with Crippen molar-refractivity contribution >= 4 is 16.8 Å². The minimum absolute atomic E-state index is 0.0894. The molecular formula is C22H22FN3O4. The summed E-state index contributed by atoms with van der Waals surface area (Å²) in [7, 11) is 1.49. The molecule has 8 heteroatoms. The number of carbonyl (C=O) groups is 1. The molecule has 1 aromatic carbocycles. The summed E-state index contributed by atoms with van der Waals surface area (Å²) in [4.78, 5) is 21.3. The topological polar surface area (TPSA) is 93.6 Å². The van der Waals surface area contributed by atoms with Gasteiger partial charge in [-0.3, -0.25) is 4.79 Å². The van der Waals surface area contributed by atoms with Crippen molar-refractivity contribution in [2.45, 2.75) is 24.7 Å². The smallest absolute Gasteiger partial charge is 0.270 e. The van der Waals surface area contributed by atoms with Crippen LogP contribution in [0.2, 0.25) is 0 Å². The number of hydrogen-bond acceptors (Lipinski definition) is 6. The summed E-state index contributed by atoms with van der Waals surface area (Å²) < 4.78 is 25.7. The molecule has 156 valence electrons. The number of rotatable bonds is 5. The van der Waals surface area contributed by atoms with Gasteiger partial charge >= 0.3 is 0 Å². The van der Waals surface area contributed by atoms with Gasteiger partial charge in [-0.1, -0.05) is 18.2 Å². The molecule has 0 aliphatic carbocycles. The molecule has 1 saturated heterocycles. The van der Waals surface area contributed by atoms with E-state index in [-0.39, 0.29) is 12.3 Å². The normalized spacial score (nSPS) is 20.0. The molecule has 0 spiro atoms. The number of fused-ring (bicyclic) bond motifs is 1. The van der Waals surface area contributed by atoms with Gasteiger partial charge in [0.25, 0.3) is 5.91 Å². The Morgan fingerprint density at radius 2 is 2.17 bits per heavy atom. The number of pyridine rings is 2. The van der Waals surface area contributed by atoms with Crippen LogP contribution in [0.4, 0.5) is 4.39 Å². The number of para-hydroxylation sites is 1. The molecule has 0 radical (unpaired) electrons. The third-order valence-corrected chi connectivity index (χ3v) is 5.16. The molecule has 3 unspecified atom stereocenters. The maximum Gasteiger partial charge on any atom is 0.270 e. The molecule has 3 aromatic rings. The Bertz CT molecular complexity index is 1040. The summed E-state index contributed by atoms with van der Waals surface area (Å²) in [6, 6.07) is 11.3. The van der Waals surface area contributed by atoms with Crippen LogP contribution in [-0.2, 0) is 4.74 Å². The molecule has 30 heavy (non-hydrogen) atoms. The molecule has 1 amide bonds. The fourth-order valence-electron chi connectivity index (χ4n) is 3.50. The fraction of sp³-hybridized carbons (Fsp3) is 0.318. The van der Waals surface area contributed by atoms with E-state index in [1.165, 1.54) is 19.4 Å². The second kappa shape index (κ2) is 8.73. The second-order valence-electron chi connectivity index (χ2n) is 7.12. The number of amides is 1. The van der Waals surface area contributed by atoms with Gasteiger partial charge in [0.1, 0.15) is 5.69 Å². The van der Waals surface area contributed by atoms with E-state index < -0.39 is 24.2 Å². The summed E-state index contributed by atoms with van der Waals surface area (Å²) in [5.41, 5.74) is 1.27. The van der Waals surface area contributed by atoms with E-state index in [4.69, 9.17) is 9.47 Å². The van der Waals surface area contributed by atoms with Crippen LogP contribution in [-0.4, -0.2) is 53.5 Å². The number of aromatic nitrogens is 2. The third kappa shape index (κ3) is 4.10. The fourth-order valence-corrected chi connectivity index (χ4v) is 3.50. The maximum atomic E-state index is 15.5. The van der Waals surface area contributed by atoms with Crippen molar-refractivity contribution in [2.75, 3.05) is 20.3 Å². The highest BCUT2D eigenvalue weighted by Gasteiger charge is 2.27. The SMILES string of the molecule is COc1ccc(C(F)c2cc(C(=O)NC3CCOCC3O)nc3ccccc23)cn1. The van der Waals surface area contributed by atoms with E-state index in [9.17, 15) is 9.90 Å². The van der Waals surface area contributed by atoms with E-state index in [1.807, 2.05) is 0 Å². The highest BCUT2D eigenvalue weighted by Crippen LogP contribution is 2.32. The molecule has 4 rings (SSSR count). The predicted molar refractivity (Wildman–Crippen MR) is 108 cm³/mol. The molecule has 0 bridgehead atoms. The van der Waals surface area contributed by atoms with E-state index in [0.717, 1.165) is 0 Å². The Kier molecular flexibility index (Phi) is 5.87. The Labute approximate surface area is 172 Å². The lowest BCUT2D eigenvalue weighted by molar-refractivity contribution is -0.0261. The van der Waals surface area contributed by atoms with Gasteiger partial charge in [0.15, 0.2) is 6.17 Å². The van der Waals surface area contributed by atoms with Crippen LogP contribution in [0.5, 0.6) is 5.88 Å².